The van der Waals surface area contributed by atoms with Crippen molar-refractivity contribution < 1.29 is 14.3 Å². The molecule has 0 bridgehead atoms. The number of aryl methyl sites for hydroxylation is 2. The van der Waals surface area contributed by atoms with Gasteiger partial charge in [0.25, 0.3) is 5.91 Å². The summed E-state index contributed by atoms with van der Waals surface area (Å²) in [6.07, 6.45) is 0.230. The van der Waals surface area contributed by atoms with E-state index in [0.29, 0.717) is 44.9 Å². The highest BCUT2D eigenvalue weighted by molar-refractivity contribution is 5.93. The van der Waals surface area contributed by atoms with Crippen molar-refractivity contribution in [3.05, 3.63) is 53.3 Å². The first-order chi connectivity index (χ1) is 13.6. The number of benzene rings is 1. The van der Waals surface area contributed by atoms with Crippen molar-refractivity contribution in [2.45, 2.75) is 45.5 Å². The molecule has 28 heavy (non-hydrogen) atoms. The second-order valence-corrected chi connectivity index (χ2v) is 7.43. The van der Waals surface area contributed by atoms with Crippen LogP contribution in [0.15, 0.2) is 36.4 Å². The van der Waals surface area contributed by atoms with Crippen LogP contribution in [0.1, 0.15) is 35.1 Å². The molecule has 1 aromatic heterocycles. The Hall–Kier alpha value is -2.67. The second-order valence-electron chi connectivity index (χ2n) is 7.43. The van der Waals surface area contributed by atoms with E-state index in [4.69, 9.17) is 4.74 Å². The summed E-state index contributed by atoms with van der Waals surface area (Å²) in [5.41, 5.74) is 2.51. The van der Waals surface area contributed by atoms with E-state index in [9.17, 15) is 9.59 Å². The van der Waals surface area contributed by atoms with Crippen LogP contribution in [-0.4, -0.2) is 63.2 Å². The molecule has 0 radical (unpaired) electrons. The predicted octanol–water partition coefficient (Wildman–Crippen LogP) is 1.85. The van der Waals surface area contributed by atoms with E-state index in [2.05, 4.69) is 5.10 Å². The molecule has 148 valence electrons. The van der Waals surface area contributed by atoms with Crippen molar-refractivity contribution >= 4 is 11.8 Å². The zero-order valence-corrected chi connectivity index (χ0v) is 16.4. The van der Waals surface area contributed by atoms with Crippen LogP contribution in [0.5, 0.6) is 0 Å². The Morgan fingerprint density at radius 1 is 1.25 bits per heavy atom. The average molecular weight is 382 g/mol. The molecule has 2 atom stereocenters. The summed E-state index contributed by atoms with van der Waals surface area (Å²) in [6.45, 7) is 6.43. The van der Waals surface area contributed by atoms with Crippen molar-refractivity contribution in [1.29, 1.82) is 0 Å². The summed E-state index contributed by atoms with van der Waals surface area (Å²) in [5, 5.41) is 4.38. The zero-order valence-electron chi connectivity index (χ0n) is 16.4. The third kappa shape index (κ3) is 3.54. The molecular formula is C21H26N4O3. The van der Waals surface area contributed by atoms with Gasteiger partial charge in [-0.15, -0.1) is 0 Å². The number of amides is 2. The fraction of sp³-hybridized carbons (Fsp3) is 0.476. The van der Waals surface area contributed by atoms with Crippen LogP contribution in [0.4, 0.5) is 0 Å². The van der Waals surface area contributed by atoms with Crippen molar-refractivity contribution in [1.82, 2.24) is 19.6 Å². The van der Waals surface area contributed by atoms with E-state index in [-0.39, 0.29) is 24.0 Å². The standard InChI is InChI=1S/C21H26N4O3/c1-3-25-17(11-15(2)22-25)21(27)23-13-18-19(14-23)28-10-9-20(26)24(18)12-16-7-5-4-6-8-16/h4-8,11,18-19H,3,9-10,12-14H2,1-2H3/t18-,19-/m0/s1. The molecular weight excluding hydrogens is 356 g/mol. The average Bonchev–Trinajstić information content (AvgIpc) is 3.26. The SMILES string of the molecule is CCn1nc(C)cc1C(=O)N1C[C@@H]2OCCC(=O)N(Cc3ccccc3)[C@H]2C1. The lowest BCUT2D eigenvalue weighted by Gasteiger charge is -2.29. The van der Waals surface area contributed by atoms with Crippen LogP contribution in [0.25, 0.3) is 0 Å². The lowest BCUT2D eigenvalue weighted by atomic mass is 10.1. The molecule has 4 rings (SSSR count). The summed E-state index contributed by atoms with van der Waals surface area (Å²) in [5.74, 6) is 0.0336. The van der Waals surface area contributed by atoms with E-state index < -0.39 is 0 Å². The van der Waals surface area contributed by atoms with Gasteiger partial charge >= 0.3 is 0 Å². The second kappa shape index (κ2) is 7.75. The number of aromatic nitrogens is 2. The molecule has 0 aliphatic carbocycles. The number of fused-ring (bicyclic) bond motifs is 1. The van der Waals surface area contributed by atoms with Gasteiger partial charge < -0.3 is 14.5 Å². The number of nitrogens with zero attached hydrogens (tertiary/aromatic N) is 4. The molecule has 0 saturated carbocycles. The zero-order chi connectivity index (χ0) is 19.7. The summed E-state index contributed by atoms with van der Waals surface area (Å²) in [4.78, 5) is 29.6. The first-order valence-electron chi connectivity index (χ1n) is 9.85. The minimum Gasteiger partial charge on any atom is -0.374 e. The number of rotatable bonds is 4. The van der Waals surface area contributed by atoms with Gasteiger partial charge in [0.1, 0.15) is 5.69 Å². The third-order valence-corrected chi connectivity index (χ3v) is 5.51. The Morgan fingerprint density at radius 2 is 2.04 bits per heavy atom. The Morgan fingerprint density at radius 3 is 2.79 bits per heavy atom. The quantitative estimate of drug-likeness (QED) is 0.809. The summed E-state index contributed by atoms with van der Waals surface area (Å²) in [6, 6.07) is 11.7. The summed E-state index contributed by atoms with van der Waals surface area (Å²) >= 11 is 0. The monoisotopic (exact) mass is 382 g/mol. The van der Waals surface area contributed by atoms with Gasteiger partial charge in [-0.2, -0.15) is 5.10 Å². The van der Waals surface area contributed by atoms with E-state index in [0.717, 1.165) is 11.3 Å². The Bertz CT molecular complexity index is 864. The van der Waals surface area contributed by atoms with E-state index >= 15 is 0 Å². The highest BCUT2D eigenvalue weighted by atomic mass is 16.5. The maximum Gasteiger partial charge on any atom is 0.272 e. The molecule has 3 heterocycles. The van der Waals surface area contributed by atoms with Crippen LogP contribution in [0.2, 0.25) is 0 Å². The fourth-order valence-corrected chi connectivity index (χ4v) is 4.12. The van der Waals surface area contributed by atoms with E-state index in [1.165, 1.54) is 0 Å². The highest BCUT2D eigenvalue weighted by Crippen LogP contribution is 2.26. The molecule has 2 fully saturated rings. The number of carbonyl (C=O) groups is 2. The summed E-state index contributed by atoms with van der Waals surface area (Å²) in [7, 11) is 0. The van der Waals surface area contributed by atoms with Gasteiger partial charge in [-0.25, -0.2) is 0 Å². The normalized spacial score (nSPS) is 22.3. The minimum atomic E-state index is -0.154. The Kier molecular flexibility index (Phi) is 5.17. The molecule has 2 amide bonds. The number of hydrogen-bond donors (Lipinski definition) is 0. The summed E-state index contributed by atoms with van der Waals surface area (Å²) < 4.78 is 7.70. The predicted molar refractivity (Wildman–Crippen MR) is 104 cm³/mol. The number of hydrogen-bond acceptors (Lipinski definition) is 4. The molecule has 0 N–H and O–H groups in total. The minimum absolute atomic E-state index is 0.0498. The number of likely N-dealkylation sites (tertiary alicyclic amines) is 1. The van der Waals surface area contributed by atoms with Crippen molar-refractivity contribution in [2.75, 3.05) is 19.7 Å². The molecule has 2 aliphatic rings. The topological polar surface area (TPSA) is 67.7 Å². The largest absolute Gasteiger partial charge is 0.374 e. The first-order valence-corrected chi connectivity index (χ1v) is 9.85. The third-order valence-electron chi connectivity index (χ3n) is 5.51. The van der Waals surface area contributed by atoms with E-state index in [1.54, 1.807) is 9.58 Å². The molecule has 2 aromatic rings. The van der Waals surface area contributed by atoms with Gasteiger partial charge in [0.05, 0.1) is 30.9 Å². The van der Waals surface area contributed by atoms with Crippen LogP contribution in [0.3, 0.4) is 0 Å². The lowest BCUT2D eigenvalue weighted by molar-refractivity contribution is -0.133. The number of ether oxygens (including phenoxy) is 1. The van der Waals surface area contributed by atoms with Crippen LogP contribution < -0.4 is 0 Å². The Balaban J connectivity index is 1.56. The van der Waals surface area contributed by atoms with Gasteiger partial charge in [0, 0.05) is 26.2 Å². The fourth-order valence-electron chi connectivity index (χ4n) is 4.12. The maximum atomic E-state index is 13.1. The van der Waals surface area contributed by atoms with Crippen molar-refractivity contribution in [2.24, 2.45) is 0 Å². The van der Waals surface area contributed by atoms with Crippen LogP contribution in [-0.2, 0) is 22.6 Å². The van der Waals surface area contributed by atoms with Gasteiger partial charge in [-0.05, 0) is 25.5 Å². The molecule has 1 aromatic carbocycles. The van der Waals surface area contributed by atoms with Gasteiger partial charge in [0.2, 0.25) is 5.91 Å². The molecule has 7 heteroatoms. The molecule has 0 unspecified atom stereocenters. The molecule has 2 saturated heterocycles. The first kappa shape index (κ1) is 18.7. The van der Waals surface area contributed by atoms with Crippen molar-refractivity contribution in [3.63, 3.8) is 0 Å². The molecule has 0 spiro atoms. The highest BCUT2D eigenvalue weighted by Gasteiger charge is 2.43. The van der Waals surface area contributed by atoms with Crippen LogP contribution >= 0.6 is 0 Å². The van der Waals surface area contributed by atoms with Crippen LogP contribution in [0, 0.1) is 6.92 Å². The number of carbonyl (C=O) groups excluding carboxylic acids is 2. The van der Waals surface area contributed by atoms with Gasteiger partial charge in [-0.1, -0.05) is 30.3 Å². The molecule has 7 nitrogen and oxygen atoms in total. The van der Waals surface area contributed by atoms with Crippen molar-refractivity contribution in [3.8, 4) is 0 Å². The lowest BCUT2D eigenvalue weighted by Crippen LogP contribution is -2.45. The van der Waals surface area contributed by atoms with Gasteiger partial charge in [-0.3, -0.25) is 14.3 Å². The van der Waals surface area contributed by atoms with Gasteiger partial charge in [0.15, 0.2) is 0 Å². The Labute approximate surface area is 164 Å². The van der Waals surface area contributed by atoms with E-state index in [1.807, 2.05) is 55.1 Å². The smallest absolute Gasteiger partial charge is 0.272 e. The maximum absolute atomic E-state index is 13.1. The molecule has 2 aliphatic heterocycles.